The van der Waals surface area contributed by atoms with Gasteiger partial charge in [-0.25, -0.2) is 9.37 Å². The summed E-state index contributed by atoms with van der Waals surface area (Å²) in [4.78, 5) is 5.56. The smallest absolute Gasteiger partial charge is 0.405 e. The molecule has 0 amide bonds. The van der Waals surface area contributed by atoms with E-state index in [-0.39, 0.29) is 11.9 Å². The molecule has 3 aromatic carbocycles. The van der Waals surface area contributed by atoms with Gasteiger partial charge in [-0.15, -0.1) is 0 Å². The van der Waals surface area contributed by atoms with Crippen molar-refractivity contribution in [2.24, 2.45) is 11.5 Å². The van der Waals surface area contributed by atoms with Crippen molar-refractivity contribution >= 4 is 28.6 Å². The molecule has 0 aliphatic heterocycles. The summed E-state index contributed by atoms with van der Waals surface area (Å²) in [6, 6.07) is 16.7. The summed E-state index contributed by atoms with van der Waals surface area (Å²) < 4.78 is 52.5. The second-order valence-electron chi connectivity index (χ2n) is 8.65. The Kier molecular flexibility index (Phi) is 8.29. The van der Waals surface area contributed by atoms with E-state index in [9.17, 15) is 17.6 Å². The summed E-state index contributed by atoms with van der Waals surface area (Å²) in [5, 5.41) is 3.82. The monoisotopic (exact) mass is 538 g/mol. The van der Waals surface area contributed by atoms with Crippen molar-refractivity contribution < 1.29 is 17.6 Å². The van der Waals surface area contributed by atoms with Gasteiger partial charge in [0, 0.05) is 18.2 Å². The first-order valence-electron chi connectivity index (χ1n) is 11.8. The molecular weight excluding hydrogens is 512 g/mol. The topological polar surface area (TPSA) is 77.0 Å². The van der Waals surface area contributed by atoms with E-state index in [2.05, 4.69) is 11.9 Å². The van der Waals surface area contributed by atoms with E-state index in [1.165, 1.54) is 41.8 Å². The minimum atomic E-state index is -4.38. The minimum Gasteiger partial charge on any atom is -0.405 e. The van der Waals surface area contributed by atoms with Crippen molar-refractivity contribution in [2.75, 3.05) is 11.9 Å². The number of anilines is 1. The van der Waals surface area contributed by atoms with Crippen LogP contribution in [0.1, 0.15) is 22.3 Å². The Bertz CT molecular complexity index is 1440. The Morgan fingerprint density at radius 1 is 1.00 bits per heavy atom. The molecule has 4 rings (SSSR count). The van der Waals surface area contributed by atoms with Gasteiger partial charge in [0.15, 0.2) is 5.13 Å². The van der Waals surface area contributed by atoms with Gasteiger partial charge in [0.05, 0.1) is 16.1 Å². The zero-order valence-corrected chi connectivity index (χ0v) is 21.1. The molecule has 9 heteroatoms. The molecule has 0 spiro atoms. The number of hydrogen-bond acceptors (Lipinski definition) is 5. The molecule has 0 bridgehead atoms. The molecule has 1 atom stereocenters. The zero-order valence-electron chi connectivity index (χ0n) is 20.3. The van der Waals surface area contributed by atoms with Crippen molar-refractivity contribution in [2.45, 2.75) is 18.6 Å². The molecule has 0 fully saturated rings. The number of hydrogen-bond donors (Lipinski definition) is 3. The highest BCUT2D eigenvalue weighted by molar-refractivity contribution is 7.19. The third kappa shape index (κ3) is 6.48. The van der Waals surface area contributed by atoms with Crippen LogP contribution in [0.15, 0.2) is 79.5 Å². The van der Waals surface area contributed by atoms with Crippen LogP contribution >= 0.6 is 11.3 Å². The van der Waals surface area contributed by atoms with Crippen LogP contribution in [-0.2, 0) is 12.6 Å². The normalized spacial score (nSPS) is 12.6. The highest BCUT2D eigenvalue weighted by atomic mass is 32.1. The summed E-state index contributed by atoms with van der Waals surface area (Å²) in [6.07, 6.45) is 0.986. The number of alkyl halides is 3. The first-order chi connectivity index (χ1) is 18.2. The molecule has 0 saturated carbocycles. The van der Waals surface area contributed by atoms with Crippen molar-refractivity contribution in [1.29, 1.82) is 0 Å². The number of nitrogens with zero attached hydrogens (tertiary/aromatic N) is 1. The maximum absolute atomic E-state index is 14.1. The van der Waals surface area contributed by atoms with E-state index >= 15 is 0 Å². The highest BCUT2D eigenvalue weighted by Gasteiger charge is 2.30. The zero-order chi connectivity index (χ0) is 27.3. The quantitative estimate of drug-likeness (QED) is 0.197. The number of benzene rings is 3. The fourth-order valence-electron chi connectivity index (χ4n) is 4.00. The molecule has 0 saturated heterocycles. The first kappa shape index (κ1) is 27.1. The molecule has 1 aromatic heterocycles. The summed E-state index contributed by atoms with van der Waals surface area (Å²) in [7, 11) is 0. The molecule has 0 aliphatic rings. The number of thiazole rings is 1. The SMILES string of the molecule is C=Cc1ccc(-c2sc(NC[C@@H](N)Cc3ccc(C(F)(F)F)cc3)nc2-c2cccc(F)c2)cc1/C=C\N. The lowest BCUT2D eigenvalue weighted by Crippen LogP contribution is -2.31. The lowest BCUT2D eigenvalue weighted by molar-refractivity contribution is -0.137. The standard InChI is InChI=1S/C29H26F4N4S/c1-2-19-8-9-22(15-20(19)12-13-34)27-26(21-4-3-5-24(30)16-21)37-28(38-27)36-17-25(35)14-18-6-10-23(11-7-18)29(31,32)33/h2-13,15-16,25H,1,14,17,34-35H2,(H,36,37)/b13-12-/t25-/m0/s1. The predicted octanol–water partition coefficient (Wildman–Crippen LogP) is 7.19. The van der Waals surface area contributed by atoms with E-state index in [1.807, 2.05) is 18.2 Å². The van der Waals surface area contributed by atoms with E-state index in [0.29, 0.717) is 34.9 Å². The second kappa shape index (κ2) is 11.6. The van der Waals surface area contributed by atoms with Gasteiger partial charge < -0.3 is 16.8 Å². The highest BCUT2D eigenvalue weighted by Crippen LogP contribution is 2.40. The van der Waals surface area contributed by atoms with Crippen LogP contribution in [0.4, 0.5) is 22.7 Å². The lowest BCUT2D eigenvalue weighted by Gasteiger charge is -2.13. The fourth-order valence-corrected chi connectivity index (χ4v) is 4.99. The van der Waals surface area contributed by atoms with Crippen LogP contribution in [-0.4, -0.2) is 17.6 Å². The maximum Gasteiger partial charge on any atom is 0.416 e. The molecule has 5 N–H and O–H groups in total. The molecule has 4 nitrogen and oxygen atoms in total. The Labute approximate surface area is 222 Å². The number of aromatic nitrogens is 1. The molecule has 38 heavy (non-hydrogen) atoms. The van der Waals surface area contributed by atoms with Crippen molar-refractivity contribution in [3.8, 4) is 21.7 Å². The lowest BCUT2D eigenvalue weighted by atomic mass is 10.0. The molecule has 0 unspecified atom stereocenters. The Balaban J connectivity index is 1.58. The van der Waals surface area contributed by atoms with Gasteiger partial charge >= 0.3 is 6.18 Å². The van der Waals surface area contributed by atoms with E-state index in [4.69, 9.17) is 16.5 Å². The number of nitrogens with one attached hydrogen (secondary N) is 1. The van der Waals surface area contributed by atoms with Crippen LogP contribution < -0.4 is 16.8 Å². The third-order valence-corrected chi connectivity index (χ3v) is 6.93. The molecule has 196 valence electrons. The van der Waals surface area contributed by atoms with Crippen LogP contribution in [0.5, 0.6) is 0 Å². The van der Waals surface area contributed by atoms with Crippen LogP contribution in [0, 0.1) is 5.82 Å². The molecular formula is C29H26F4N4S. The van der Waals surface area contributed by atoms with Crippen molar-refractivity contribution in [3.63, 3.8) is 0 Å². The van der Waals surface area contributed by atoms with Gasteiger partial charge in [-0.2, -0.15) is 13.2 Å². The summed E-state index contributed by atoms with van der Waals surface area (Å²) >= 11 is 1.40. The molecule has 0 aliphatic carbocycles. The van der Waals surface area contributed by atoms with Gasteiger partial charge in [-0.05, 0) is 71.3 Å². The Hall–Kier alpha value is -3.95. The molecule has 1 heterocycles. The van der Waals surface area contributed by atoms with Crippen LogP contribution in [0.25, 0.3) is 33.9 Å². The predicted molar refractivity (Wildman–Crippen MR) is 148 cm³/mol. The largest absolute Gasteiger partial charge is 0.416 e. The summed E-state index contributed by atoms with van der Waals surface area (Å²) in [5.74, 6) is -0.372. The Morgan fingerprint density at radius 3 is 2.42 bits per heavy atom. The molecule has 4 aromatic rings. The van der Waals surface area contributed by atoms with Crippen molar-refractivity contribution in [3.05, 3.63) is 108 Å². The van der Waals surface area contributed by atoms with Gasteiger partial charge in [0.2, 0.25) is 0 Å². The van der Waals surface area contributed by atoms with Gasteiger partial charge in [0.1, 0.15) is 5.82 Å². The number of nitrogens with two attached hydrogens (primary N) is 2. The minimum absolute atomic E-state index is 0.340. The van der Waals surface area contributed by atoms with Crippen LogP contribution in [0.2, 0.25) is 0 Å². The second-order valence-corrected chi connectivity index (χ2v) is 9.65. The van der Waals surface area contributed by atoms with Gasteiger partial charge in [0.25, 0.3) is 0 Å². The van der Waals surface area contributed by atoms with Crippen molar-refractivity contribution in [1.82, 2.24) is 4.98 Å². The number of rotatable bonds is 9. The average Bonchev–Trinajstić information content (AvgIpc) is 3.32. The van der Waals surface area contributed by atoms with Gasteiger partial charge in [-0.3, -0.25) is 0 Å². The Morgan fingerprint density at radius 2 is 1.76 bits per heavy atom. The summed E-state index contributed by atoms with van der Waals surface area (Å²) in [5.41, 5.74) is 15.8. The van der Waals surface area contributed by atoms with Gasteiger partial charge in [-0.1, -0.05) is 60.4 Å². The average molecular weight is 539 g/mol. The van der Waals surface area contributed by atoms with E-state index < -0.39 is 11.7 Å². The van der Waals surface area contributed by atoms with Crippen LogP contribution in [0.3, 0.4) is 0 Å². The first-order valence-corrected chi connectivity index (χ1v) is 12.6. The maximum atomic E-state index is 14.1. The molecule has 0 radical (unpaired) electrons. The van der Waals surface area contributed by atoms with E-state index in [0.717, 1.165) is 33.7 Å². The number of halogens is 4. The van der Waals surface area contributed by atoms with E-state index in [1.54, 1.807) is 24.3 Å². The third-order valence-electron chi connectivity index (χ3n) is 5.86. The fraction of sp³-hybridized carbons (Fsp3) is 0.138. The summed E-state index contributed by atoms with van der Waals surface area (Å²) in [6.45, 7) is 4.18.